The lowest BCUT2D eigenvalue weighted by atomic mass is 9.81. The maximum Gasteiger partial charge on any atom is 0.237 e. The zero-order valence-electron chi connectivity index (χ0n) is 14.6. The van der Waals surface area contributed by atoms with Crippen LogP contribution in [-0.2, 0) is 9.59 Å². The number of alkyl halides is 2. The number of fused-ring (bicyclic) bond motifs is 1. The van der Waals surface area contributed by atoms with Crippen LogP contribution in [0.15, 0.2) is 48.5 Å². The van der Waals surface area contributed by atoms with Gasteiger partial charge in [-0.3, -0.25) is 14.4 Å². The summed E-state index contributed by atoms with van der Waals surface area (Å²) < 4.78 is 0. The summed E-state index contributed by atoms with van der Waals surface area (Å²) in [6.45, 7) is 0. The number of hydrogen-bond acceptors (Lipinski definition) is 3. The Morgan fingerprint density at radius 3 is 2.07 bits per heavy atom. The molecular formula is C21H16Br2ClNO3. The summed E-state index contributed by atoms with van der Waals surface area (Å²) in [5.41, 5.74) is 1.04. The predicted octanol–water partition coefficient (Wildman–Crippen LogP) is 5.00. The second-order valence-corrected chi connectivity index (χ2v) is 9.87. The fraction of sp³-hybridized carbons (Fsp3) is 0.286. The molecule has 0 unspecified atom stereocenters. The Kier molecular flexibility index (Phi) is 5.47. The van der Waals surface area contributed by atoms with Gasteiger partial charge < -0.3 is 0 Å². The minimum absolute atomic E-state index is 0.126. The van der Waals surface area contributed by atoms with Crippen molar-refractivity contribution in [2.45, 2.75) is 22.5 Å². The van der Waals surface area contributed by atoms with E-state index in [0.29, 0.717) is 29.1 Å². The maximum atomic E-state index is 13.1. The SMILES string of the molecule is O=C(c1ccccc1)c1cc(Cl)ccc1N1C(=O)[C@@H]2C[C@H](Br)[C@@H](Br)C[C@H]2C1=O. The lowest BCUT2D eigenvalue weighted by molar-refractivity contribution is -0.122. The molecule has 2 aromatic rings. The number of imide groups is 1. The van der Waals surface area contributed by atoms with Crippen molar-refractivity contribution >= 4 is 66.7 Å². The summed E-state index contributed by atoms with van der Waals surface area (Å²) in [7, 11) is 0. The van der Waals surface area contributed by atoms with E-state index in [0.717, 1.165) is 0 Å². The minimum atomic E-state index is -0.374. The molecule has 4 atom stereocenters. The van der Waals surface area contributed by atoms with Crippen molar-refractivity contribution in [3.8, 4) is 0 Å². The molecule has 1 aliphatic carbocycles. The van der Waals surface area contributed by atoms with Gasteiger partial charge in [-0.15, -0.1) is 0 Å². The topological polar surface area (TPSA) is 54.5 Å². The van der Waals surface area contributed by atoms with Gasteiger partial charge in [0.25, 0.3) is 0 Å². The van der Waals surface area contributed by atoms with Gasteiger partial charge in [0.15, 0.2) is 5.78 Å². The molecule has 0 spiro atoms. The summed E-state index contributed by atoms with van der Waals surface area (Å²) in [6, 6.07) is 13.5. The third-order valence-corrected chi connectivity index (χ3v) is 8.36. The minimum Gasteiger partial charge on any atom is -0.289 e. The largest absolute Gasteiger partial charge is 0.289 e. The van der Waals surface area contributed by atoms with Crippen LogP contribution in [0.2, 0.25) is 5.02 Å². The smallest absolute Gasteiger partial charge is 0.237 e. The first-order chi connectivity index (χ1) is 13.4. The Morgan fingerprint density at radius 1 is 0.929 bits per heavy atom. The molecule has 2 amide bonds. The highest BCUT2D eigenvalue weighted by Gasteiger charge is 2.52. The monoisotopic (exact) mass is 523 g/mol. The van der Waals surface area contributed by atoms with Gasteiger partial charge in [-0.25, -0.2) is 4.90 Å². The Hall–Kier alpha value is -1.50. The van der Waals surface area contributed by atoms with Crippen LogP contribution >= 0.6 is 43.5 Å². The van der Waals surface area contributed by atoms with Crippen LogP contribution < -0.4 is 4.90 Å². The zero-order chi connectivity index (χ0) is 20.0. The highest BCUT2D eigenvalue weighted by atomic mass is 79.9. The number of rotatable bonds is 3. The third kappa shape index (κ3) is 3.36. The van der Waals surface area contributed by atoms with Crippen molar-refractivity contribution in [3.05, 3.63) is 64.7 Å². The molecule has 0 aromatic heterocycles. The van der Waals surface area contributed by atoms with Crippen LogP contribution in [0.3, 0.4) is 0 Å². The predicted molar refractivity (Wildman–Crippen MR) is 115 cm³/mol. The lowest BCUT2D eigenvalue weighted by Crippen LogP contribution is -2.34. The van der Waals surface area contributed by atoms with E-state index in [4.69, 9.17) is 11.6 Å². The zero-order valence-corrected chi connectivity index (χ0v) is 18.6. The van der Waals surface area contributed by atoms with Crippen molar-refractivity contribution < 1.29 is 14.4 Å². The number of anilines is 1. The Balaban J connectivity index is 1.77. The van der Waals surface area contributed by atoms with Gasteiger partial charge in [0.05, 0.1) is 17.5 Å². The normalized spacial score (nSPS) is 27.0. The Labute approximate surface area is 184 Å². The van der Waals surface area contributed by atoms with Crippen LogP contribution in [0.5, 0.6) is 0 Å². The van der Waals surface area contributed by atoms with E-state index in [9.17, 15) is 14.4 Å². The van der Waals surface area contributed by atoms with Gasteiger partial charge in [0.2, 0.25) is 11.8 Å². The Bertz CT molecular complexity index is 937. The van der Waals surface area contributed by atoms with E-state index in [1.807, 2.05) is 6.07 Å². The summed E-state index contributed by atoms with van der Waals surface area (Å²) in [6.07, 6.45) is 1.16. The molecule has 2 fully saturated rings. The number of halogens is 3. The van der Waals surface area contributed by atoms with Crippen LogP contribution in [0.1, 0.15) is 28.8 Å². The fourth-order valence-corrected chi connectivity index (χ4v) is 5.37. The molecule has 0 radical (unpaired) electrons. The fourth-order valence-electron chi connectivity index (χ4n) is 3.96. The number of hydrogen-bond donors (Lipinski definition) is 0. The van der Waals surface area contributed by atoms with Crippen LogP contribution in [-0.4, -0.2) is 27.3 Å². The van der Waals surface area contributed by atoms with Gasteiger partial charge >= 0.3 is 0 Å². The summed E-state index contributed by atoms with van der Waals surface area (Å²) in [5.74, 6) is -1.51. The molecule has 28 heavy (non-hydrogen) atoms. The van der Waals surface area contributed by atoms with E-state index in [2.05, 4.69) is 31.9 Å². The molecule has 4 rings (SSSR count). The van der Waals surface area contributed by atoms with Crippen molar-refractivity contribution in [3.63, 3.8) is 0 Å². The highest BCUT2D eigenvalue weighted by molar-refractivity contribution is 9.12. The molecule has 0 N–H and O–H groups in total. The van der Waals surface area contributed by atoms with E-state index in [1.165, 1.54) is 11.0 Å². The van der Waals surface area contributed by atoms with Crippen LogP contribution in [0.25, 0.3) is 0 Å². The molecule has 0 bridgehead atoms. The van der Waals surface area contributed by atoms with Crippen molar-refractivity contribution in [1.82, 2.24) is 0 Å². The number of nitrogens with zero attached hydrogens (tertiary/aromatic N) is 1. The molecule has 1 saturated heterocycles. The molecule has 1 aliphatic heterocycles. The molecule has 2 aliphatic rings. The average molecular weight is 526 g/mol. The number of ketones is 1. The summed E-state index contributed by atoms with van der Waals surface area (Å²) in [5, 5.41) is 0.376. The first-order valence-corrected chi connectivity index (χ1v) is 11.1. The molecule has 144 valence electrons. The number of amides is 2. The lowest BCUT2D eigenvalue weighted by Gasteiger charge is -2.29. The first kappa shape index (κ1) is 19.8. The van der Waals surface area contributed by atoms with Crippen molar-refractivity contribution in [1.29, 1.82) is 0 Å². The van der Waals surface area contributed by atoms with Crippen LogP contribution in [0, 0.1) is 11.8 Å². The van der Waals surface area contributed by atoms with Gasteiger partial charge in [-0.05, 0) is 31.0 Å². The van der Waals surface area contributed by atoms with Gasteiger partial charge in [0, 0.05) is 25.8 Å². The van der Waals surface area contributed by atoms with Gasteiger partial charge in [-0.2, -0.15) is 0 Å². The molecule has 4 nitrogen and oxygen atoms in total. The van der Waals surface area contributed by atoms with E-state index < -0.39 is 0 Å². The molecule has 7 heteroatoms. The van der Waals surface area contributed by atoms with E-state index in [1.54, 1.807) is 36.4 Å². The van der Waals surface area contributed by atoms with E-state index in [-0.39, 0.29) is 44.7 Å². The first-order valence-electron chi connectivity index (χ1n) is 8.93. The molecule has 1 heterocycles. The third-order valence-electron chi connectivity index (χ3n) is 5.39. The van der Waals surface area contributed by atoms with Crippen molar-refractivity contribution in [2.75, 3.05) is 4.90 Å². The second-order valence-electron chi connectivity index (χ2n) is 7.08. The van der Waals surface area contributed by atoms with Gasteiger partial charge in [-0.1, -0.05) is 73.8 Å². The van der Waals surface area contributed by atoms with Gasteiger partial charge in [0.1, 0.15) is 0 Å². The quantitative estimate of drug-likeness (QED) is 0.322. The second kappa shape index (κ2) is 7.73. The summed E-state index contributed by atoms with van der Waals surface area (Å²) >= 11 is 13.3. The molecule has 2 aromatic carbocycles. The number of benzene rings is 2. The maximum absolute atomic E-state index is 13.1. The molecular weight excluding hydrogens is 509 g/mol. The summed E-state index contributed by atoms with van der Waals surface area (Å²) in [4.78, 5) is 40.8. The Morgan fingerprint density at radius 2 is 1.50 bits per heavy atom. The van der Waals surface area contributed by atoms with Crippen molar-refractivity contribution in [2.24, 2.45) is 11.8 Å². The standard InChI is InChI=1S/C21H16Br2ClNO3/c22-16-9-13-14(10-17(16)23)21(28)25(20(13)27)18-7-6-12(24)8-15(18)19(26)11-4-2-1-3-5-11/h1-8,13-14,16-17H,9-10H2/t13-,14-,16+,17+/m1/s1. The average Bonchev–Trinajstić information content (AvgIpc) is 2.92. The van der Waals surface area contributed by atoms with E-state index >= 15 is 0 Å². The highest BCUT2D eigenvalue weighted by Crippen LogP contribution is 2.45. The molecule has 1 saturated carbocycles. The number of carbonyl (C=O) groups excluding carboxylic acids is 3. The van der Waals surface area contributed by atoms with Crippen LogP contribution in [0.4, 0.5) is 5.69 Å². The number of carbonyl (C=O) groups is 3.